The predicted molar refractivity (Wildman–Crippen MR) is 114 cm³/mol. The number of aromatic nitrogens is 2. The molecule has 2 heterocycles. The van der Waals surface area contributed by atoms with E-state index in [-0.39, 0.29) is 5.91 Å². The van der Waals surface area contributed by atoms with Gasteiger partial charge in [-0.15, -0.1) is 0 Å². The molecule has 28 heavy (non-hydrogen) atoms. The standard InChI is InChI=1S/C20H19N3O.C4H10/c24-20(19-14-21-17-8-4-5-9-18(17)22-19)23-12-10-16(11-13-23)15-6-2-1-3-7-15;1-3-4-2/h1-9,14,16H,10-13H2;3-4H2,1-2H3. The minimum atomic E-state index is -0.0141. The maximum Gasteiger partial charge on any atom is 0.274 e. The van der Waals surface area contributed by atoms with Crippen molar-refractivity contribution >= 4 is 16.9 Å². The number of carbonyl (C=O) groups excluding carboxylic acids is 1. The largest absolute Gasteiger partial charge is 0.337 e. The fourth-order valence-electron chi connectivity index (χ4n) is 3.36. The number of para-hydroxylation sites is 2. The van der Waals surface area contributed by atoms with Crippen molar-refractivity contribution < 1.29 is 4.79 Å². The zero-order chi connectivity index (χ0) is 19.8. The lowest BCUT2D eigenvalue weighted by atomic mass is 9.89. The zero-order valence-corrected chi connectivity index (χ0v) is 16.8. The van der Waals surface area contributed by atoms with Crippen LogP contribution in [0.1, 0.15) is 61.5 Å². The molecule has 1 aliphatic heterocycles. The van der Waals surface area contributed by atoms with Gasteiger partial charge >= 0.3 is 0 Å². The van der Waals surface area contributed by atoms with E-state index in [4.69, 9.17) is 0 Å². The molecule has 0 spiro atoms. The fourth-order valence-corrected chi connectivity index (χ4v) is 3.36. The van der Waals surface area contributed by atoms with Crippen molar-refractivity contribution in [2.24, 2.45) is 0 Å². The number of unbranched alkanes of at least 4 members (excludes halogenated alkanes) is 1. The molecule has 0 radical (unpaired) electrons. The van der Waals surface area contributed by atoms with Gasteiger partial charge in [0.2, 0.25) is 0 Å². The molecule has 0 bridgehead atoms. The molecule has 3 aromatic rings. The Kier molecular flexibility index (Phi) is 7.12. The van der Waals surface area contributed by atoms with Crippen LogP contribution in [0.5, 0.6) is 0 Å². The molecule has 1 aromatic heterocycles. The van der Waals surface area contributed by atoms with Gasteiger partial charge in [-0.05, 0) is 36.5 Å². The molecule has 1 fully saturated rings. The Morgan fingerprint density at radius 2 is 1.54 bits per heavy atom. The van der Waals surface area contributed by atoms with E-state index < -0.39 is 0 Å². The Hall–Kier alpha value is -2.75. The summed E-state index contributed by atoms with van der Waals surface area (Å²) in [7, 11) is 0. The summed E-state index contributed by atoms with van der Waals surface area (Å²) in [6.07, 6.45) is 6.22. The van der Waals surface area contributed by atoms with Crippen molar-refractivity contribution in [3.05, 3.63) is 72.1 Å². The lowest BCUT2D eigenvalue weighted by Gasteiger charge is -2.32. The predicted octanol–water partition coefficient (Wildman–Crippen LogP) is 5.46. The minimum Gasteiger partial charge on any atom is -0.337 e. The second-order valence-corrected chi connectivity index (χ2v) is 7.22. The fraction of sp³-hybridized carbons (Fsp3) is 0.375. The molecule has 4 rings (SSSR count). The lowest BCUT2D eigenvalue weighted by Crippen LogP contribution is -2.38. The van der Waals surface area contributed by atoms with Crippen LogP contribution in [-0.4, -0.2) is 33.9 Å². The topological polar surface area (TPSA) is 46.1 Å². The molecule has 0 atom stereocenters. The first kappa shape index (κ1) is 20.0. The number of hydrogen-bond donors (Lipinski definition) is 0. The Morgan fingerprint density at radius 1 is 0.929 bits per heavy atom. The highest BCUT2D eigenvalue weighted by Crippen LogP contribution is 2.28. The van der Waals surface area contributed by atoms with Crippen LogP contribution in [-0.2, 0) is 0 Å². The van der Waals surface area contributed by atoms with Gasteiger partial charge < -0.3 is 4.90 Å². The number of amides is 1. The van der Waals surface area contributed by atoms with E-state index >= 15 is 0 Å². The lowest BCUT2D eigenvalue weighted by molar-refractivity contribution is 0.0707. The van der Waals surface area contributed by atoms with Crippen LogP contribution in [0.25, 0.3) is 11.0 Å². The molecular formula is C24H29N3O. The number of hydrogen-bond acceptors (Lipinski definition) is 3. The van der Waals surface area contributed by atoms with E-state index in [0.717, 1.165) is 37.0 Å². The van der Waals surface area contributed by atoms with Gasteiger partial charge in [0.25, 0.3) is 5.91 Å². The van der Waals surface area contributed by atoms with Crippen LogP contribution >= 0.6 is 0 Å². The summed E-state index contributed by atoms with van der Waals surface area (Å²) in [5.74, 6) is 0.526. The van der Waals surface area contributed by atoms with Gasteiger partial charge in [-0.2, -0.15) is 0 Å². The normalized spacial score (nSPS) is 14.4. The molecule has 0 N–H and O–H groups in total. The molecule has 4 nitrogen and oxygen atoms in total. The van der Waals surface area contributed by atoms with Crippen LogP contribution in [0.4, 0.5) is 0 Å². The van der Waals surface area contributed by atoms with Crippen molar-refractivity contribution in [2.75, 3.05) is 13.1 Å². The van der Waals surface area contributed by atoms with Gasteiger partial charge in [0.15, 0.2) is 0 Å². The summed E-state index contributed by atoms with van der Waals surface area (Å²) in [6, 6.07) is 18.2. The minimum absolute atomic E-state index is 0.0141. The zero-order valence-electron chi connectivity index (χ0n) is 16.8. The molecule has 1 amide bonds. The molecule has 0 saturated carbocycles. The monoisotopic (exact) mass is 375 g/mol. The number of likely N-dealkylation sites (tertiary alicyclic amines) is 1. The van der Waals surface area contributed by atoms with Gasteiger partial charge in [0.1, 0.15) is 5.69 Å². The van der Waals surface area contributed by atoms with Gasteiger partial charge in [0, 0.05) is 13.1 Å². The first-order valence-corrected chi connectivity index (χ1v) is 10.3. The first-order valence-electron chi connectivity index (χ1n) is 10.3. The molecule has 4 heteroatoms. The number of fused-ring (bicyclic) bond motifs is 1. The number of rotatable bonds is 3. The summed E-state index contributed by atoms with van der Waals surface area (Å²) in [5, 5.41) is 0. The van der Waals surface area contributed by atoms with Gasteiger partial charge in [-0.3, -0.25) is 9.78 Å². The van der Waals surface area contributed by atoms with Crippen molar-refractivity contribution in [1.29, 1.82) is 0 Å². The highest BCUT2D eigenvalue weighted by atomic mass is 16.2. The smallest absolute Gasteiger partial charge is 0.274 e. The second-order valence-electron chi connectivity index (χ2n) is 7.22. The number of piperidine rings is 1. The van der Waals surface area contributed by atoms with Crippen molar-refractivity contribution in [1.82, 2.24) is 14.9 Å². The summed E-state index contributed by atoms with van der Waals surface area (Å²) in [6.45, 7) is 5.90. The quantitative estimate of drug-likeness (QED) is 0.611. The molecule has 1 aliphatic rings. The molecule has 2 aromatic carbocycles. The van der Waals surface area contributed by atoms with Crippen LogP contribution in [0.15, 0.2) is 60.8 Å². The molecule has 146 valence electrons. The summed E-state index contributed by atoms with van der Waals surface area (Å²) in [4.78, 5) is 23.4. The average Bonchev–Trinajstić information content (AvgIpc) is 2.79. The van der Waals surface area contributed by atoms with E-state index in [1.807, 2.05) is 35.2 Å². The maximum absolute atomic E-state index is 12.7. The SMILES string of the molecule is CCCC.O=C(c1cnc2ccccc2n1)N1CCC(c2ccccc2)CC1. The summed E-state index contributed by atoms with van der Waals surface area (Å²) < 4.78 is 0. The summed E-state index contributed by atoms with van der Waals surface area (Å²) >= 11 is 0. The first-order chi connectivity index (χ1) is 13.7. The number of carbonyl (C=O) groups is 1. The Balaban J connectivity index is 0.000000516. The Bertz CT molecular complexity index is 885. The van der Waals surface area contributed by atoms with Crippen molar-refractivity contribution in [3.8, 4) is 0 Å². The van der Waals surface area contributed by atoms with Crippen molar-refractivity contribution in [3.63, 3.8) is 0 Å². The summed E-state index contributed by atoms with van der Waals surface area (Å²) in [5.41, 5.74) is 3.39. The third-order valence-electron chi connectivity index (χ3n) is 5.22. The van der Waals surface area contributed by atoms with E-state index in [0.29, 0.717) is 11.6 Å². The Morgan fingerprint density at radius 3 is 2.18 bits per heavy atom. The average molecular weight is 376 g/mol. The van der Waals surface area contributed by atoms with E-state index in [9.17, 15) is 4.79 Å². The third-order valence-corrected chi connectivity index (χ3v) is 5.22. The number of benzene rings is 2. The third kappa shape index (κ3) is 4.94. The van der Waals surface area contributed by atoms with Crippen LogP contribution in [0.3, 0.4) is 0 Å². The van der Waals surface area contributed by atoms with Crippen LogP contribution in [0, 0.1) is 0 Å². The van der Waals surface area contributed by atoms with Gasteiger partial charge in [-0.1, -0.05) is 69.2 Å². The van der Waals surface area contributed by atoms with Crippen molar-refractivity contribution in [2.45, 2.75) is 45.4 Å². The van der Waals surface area contributed by atoms with Crippen LogP contribution < -0.4 is 0 Å². The van der Waals surface area contributed by atoms with Crippen LogP contribution in [0.2, 0.25) is 0 Å². The maximum atomic E-state index is 12.7. The molecular weight excluding hydrogens is 346 g/mol. The molecule has 1 saturated heterocycles. The molecule has 0 unspecified atom stereocenters. The molecule has 0 aliphatic carbocycles. The highest BCUT2D eigenvalue weighted by molar-refractivity contribution is 5.93. The highest BCUT2D eigenvalue weighted by Gasteiger charge is 2.25. The van der Waals surface area contributed by atoms with E-state index in [1.54, 1.807) is 6.20 Å². The van der Waals surface area contributed by atoms with Gasteiger partial charge in [-0.25, -0.2) is 4.98 Å². The number of nitrogens with zero attached hydrogens (tertiary/aromatic N) is 3. The Labute approximate surface area is 167 Å². The second kappa shape index (κ2) is 9.98. The van der Waals surface area contributed by atoms with Gasteiger partial charge in [0.05, 0.1) is 17.2 Å². The van der Waals surface area contributed by atoms with E-state index in [2.05, 4.69) is 48.1 Å². The van der Waals surface area contributed by atoms with E-state index in [1.165, 1.54) is 18.4 Å².